The molecule has 2 N–H and O–H groups in total. The van der Waals surface area contributed by atoms with E-state index in [9.17, 15) is 27.6 Å². The Labute approximate surface area is 141 Å². The zero-order valence-electron chi connectivity index (χ0n) is 13.6. The summed E-state index contributed by atoms with van der Waals surface area (Å²) in [6, 6.07) is 5.80. The molecule has 1 atom stereocenters. The molecule has 1 heterocycles. The fourth-order valence-electron chi connectivity index (χ4n) is 2.62. The highest BCUT2D eigenvalue weighted by Crippen LogP contribution is 2.41. The zero-order valence-corrected chi connectivity index (χ0v) is 13.6. The lowest BCUT2D eigenvalue weighted by Gasteiger charge is -2.31. The summed E-state index contributed by atoms with van der Waals surface area (Å²) >= 11 is 0. The van der Waals surface area contributed by atoms with Crippen molar-refractivity contribution < 1.29 is 32.3 Å². The van der Waals surface area contributed by atoms with Crippen LogP contribution in [-0.4, -0.2) is 36.6 Å². The maximum atomic E-state index is 13.8. The van der Waals surface area contributed by atoms with Crippen LogP contribution < -0.4 is 10.6 Å². The van der Waals surface area contributed by atoms with Crippen LogP contribution in [-0.2, 0) is 14.3 Å². The van der Waals surface area contributed by atoms with E-state index < -0.39 is 35.1 Å². The van der Waals surface area contributed by atoms with Crippen molar-refractivity contribution in [2.24, 2.45) is 0 Å². The molecule has 0 fully saturated rings. The van der Waals surface area contributed by atoms with Gasteiger partial charge in [-0.3, -0.25) is 9.59 Å². The Morgan fingerprint density at radius 3 is 2.40 bits per heavy atom. The number of benzene rings is 1. The number of carbonyl (C=O) groups excluding carboxylic acids is 3. The van der Waals surface area contributed by atoms with Gasteiger partial charge in [-0.15, -0.1) is 0 Å². The first kappa shape index (κ1) is 18.5. The minimum Gasteiger partial charge on any atom is -0.466 e. The van der Waals surface area contributed by atoms with E-state index in [1.165, 1.54) is 18.2 Å². The largest absolute Gasteiger partial charge is 0.466 e. The predicted octanol–water partition coefficient (Wildman–Crippen LogP) is 1.60. The molecule has 0 saturated heterocycles. The van der Waals surface area contributed by atoms with Gasteiger partial charge in [0.2, 0.25) is 5.54 Å². The van der Waals surface area contributed by atoms with Crippen LogP contribution in [0.5, 0.6) is 0 Å². The van der Waals surface area contributed by atoms with Crippen molar-refractivity contribution in [3.63, 3.8) is 0 Å². The Morgan fingerprint density at radius 1 is 1.24 bits per heavy atom. The number of ether oxygens (including phenoxy) is 1. The second-order valence-electron chi connectivity index (χ2n) is 5.52. The molecule has 9 heteroatoms. The molecule has 25 heavy (non-hydrogen) atoms. The van der Waals surface area contributed by atoms with E-state index in [0.717, 1.165) is 14.0 Å². The molecule has 0 saturated carbocycles. The molecule has 0 radical (unpaired) electrons. The summed E-state index contributed by atoms with van der Waals surface area (Å²) in [6.07, 6.45) is -5.27. The first-order chi connectivity index (χ1) is 11.5. The Hall–Kier alpha value is -2.84. The van der Waals surface area contributed by atoms with Gasteiger partial charge in [0, 0.05) is 11.3 Å². The fraction of sp³-hybridized carbons (Fsp3) is 0.312. The summed E-state index contributed by atoms with van der Waals surface area (Å²) in [7, 11) is 0.884. The fourth-order valence-corrected chi connectivity index (χ4v) is 2.62. The normalized spacial score (nSPS) is 20.3. The van der Waals surface area contributed by atoms with Crippen LogP contribution in [0.4, 0.5) is 13.2 Å². The Morgan fingerprint density at radius 2 is 1.88 bits per heavy atom. The highest BCUT2D eigenvalue weighted by molar-refractivity contribution is 6.11. The molecule has 6 nitrogen and oxygen atoms in total. The standard InChI is InChI=1S/C16H15F3N2O4/c1-8-5-4-6-10(7-8)12(22)21-15(16(17,18)19)11(13(23)25-3)9(2)20-14(15)24/h4-7H,1-3H3,(H,20,24)(H,21,22). The van der Waals surface area contributed by atoms with Gasteiger partial charge in [-0.05, 0) is 26.0 Å². The predicted molar refractivity (Wildman–Crippen MR) is 80.3 cm³/mol. The van der Waals surface area contributed by atoms with Crippen molar-refractivity contribution in [1.29, 1.82) is 0 Å². The number of carbonyl (C=O) groups is 3. The minimum atomic E-state index is -5.27. The van der Waals surface area contributed by atoms with E-state index in [1.807, 2.05) is 5.32 Å². The molecule has 2 rings (SSSR count). The lowest BCUT2D eigenvalue weighted by Crippen LogP contribution is -2.66. The van der Waals surface area contributed by atoms with E-state index in [0.29, 0.717) is 5.56 Å². The number of aryl methyl sites for hydroxylation is 1. The van der Waals surface area contributed by atoms with Crippen molar-refractivity contribution in [2.45, 2.75) is 25.6 Å². The summed E-state index contributed by atoms with van der Waals surface area (Å²) < 4.78 is 45.8. The number of methoxy groups -OCH3 is 1. The number of allylic oxidation sites excluding steroid dienone is 1. The number of hydrogen-bond donors (Lipinski definition) is 2. The number of hydrogen-bond acceptors (Lipinski definition) is 4. The first-order valence-corrected chi connectivity index (χ1v) is 7.11. The van der Waals surface area contributed by atoms with Gasteiger partial charge in [0.05, 0.1) is 7.11 Å². The molecule has 0 spiro atoms. The van der Waals surface area contributed by atoms with Gasteiger partial charge >= 0.3 is 12.1 Å². The topological polar surface area (TPSA) is 84.5 Å². The second kappa shape index (κ2) is 6.23. The molecule has 134 valence electrons. The third kappa shape index (κ3) is 2.97. The number of halogens is 3. The molecule has 1 unspecified atom stereocenters. The molecule has 1 aliphatic rings. The minimum absolute atomic E-state index is 0.0785. The molecular weight excluding hydrogens is 341 g/mol. The molecule has 0 aromatic heterocycles. The van der Waals surface area contributed by atoms with Gasteiger partial charge < -0.3 is 15.4 Å². The molecule has 0 aliphatic carbocycles. The highest BCUT2D eigenvalue weighted by atomic mass is 19.4. The number of alkyl halides is 3. The van der Waals surface area contributed by atoms with Gasteiger partial charge in [-0.25, -0.2) is 4.79 Å². The van der Waals surface area contributed by atoms with E-state index >= 15 is 0 Å². The smallest absolute Gasteiger partial charge is 0.425 e. The molecular formula is C16H15F3N2O4. The molecule has 1 aromatic carbocycles. The van der Waals surface area contributed by atoms with Crippen LogP contribution in [0, 0.1) is 6.92 Å². The van der Waals surface area contributed by atoms with Crippen molar-refractivity contribution in [1.82, 2.24) is 10.6 Å². The summed E-state index contributed by atoms with van der Waals surface area (Å²) in [6.45, 7) is 2.78. The van der Waals surface area contributed by atoms with Crippen molar-refractivity contribution in [2.75, 3.05) is 7.11 Å². The maximum Gasteiger partial charge on any atom is 0.425 e. The van der Waals surface area contributed by atoms with Crippen molar-refractivity contribution >= 4 is 17.8 Å². The third-order valence-corrected chi connectivity index (χ3v) is 3.79. The molecule has 1 aromatic rings. The lowest BCUT2D eigenvalue weighted by atomic mass is 9.88. The van der Waals surface area contributed by atoms with Crippen molar-refractivity contribution in [3.8, 4) is 0 Å². The highest BCUT2D eigenvalue weighted by Gasteiger charge is 2.69. The van der Waals surface area contributed by atoms with Crippen LogP contribution in [0.3, 0.4) is 0 Å². The number of rotatable bonds is 3. The summed E-state index contributed by atoms with van der Waals surface area (Å²) in [5, 5.41) is 3.64. The SMILES string of the molecule is COC(=O)C1=C(C)NC(=O)C1(NC(=O)c1cccc(C)c1)C(F)(F)F. The zero-order chi connectivity index (χ0) is 19.0. The Kier molecular flexibility index (Phi) is 4.61. The van der Waals surface area contributed by atoms with Crippen LogP contribution in [0.25, 0.3) is 0 Å². The van der Waals surface area contributed by atoms with Gasteiger partial charge in [0.15, 0.2) is 0 Å². The van der Waals surface area contributed by atoms with E-state index in [1.54, 1.807) is 18.3 Å². The van der Waals surface area contributed by atoms with E-state index in [2.05, 4.69) is 4.74 Å². The van der Waals surface area contributed by atoms with Crippen LogP contribution in [0.2, 0.25) is 0 Å². The third-order valence-electron chi connectivity index (χ3n) is 3.79. The van der Waals surface area contributed by atoms with Gasteiger partial charge in [-0.2, -0.15) is 13.2 Å². The number of amides is 2. The van der Waals surface area contributed by atoms with Gasteiger partial charge in [0.1, 0.15) is 5.57 Å². The quantitative estimate of drug-likeness (QED) is 0.806. The van der Waals surface area contributed by atoms with E-state index in [-0.39, 0.29) is 11.3 Å². The molecule has 2 amide bonds. The van der Waals surface area contributed by atoms with Crippen LogP contribution >= 0.6 is 0 Å². The first-order valence-electron chi connectivity index (χ1n) is 7.11. The Bertz CT molecular complexity index is 786. The average molecular weight is 356 g/mol. The van der Waals surface area contributed by atoms with Gasteiger partial charge in [-0.1, -0.05) is 17.7 Å². The molecule has 0 bridgehead atoms. The summed E-state index contributed by atoms with van der Waals surface area (Å²) in [5.41, 5.74) is -4.28. The monoisotopic (exact) mass is 356 g/mol. The number of esters is 1. The summed E-state index contributed by atoms with van der Waals surface area (Å²) in [4.78, 5) is 36.4. The van der Waals surface area contributed by atoms with E-state index in [4.69, 9.17) is 0 Å². The summed E-state index contributed by atoms with van der Waals surface area (Å²) in [5.74, 6) is -4.08. The average Bonchev–Trinajstić information content (AvgIpc) is 2.77. The Balaban J connectivity index is 2.58. The second-order valence-corrected chi connectivity index (χ2v) is 5.52. The molecule has 1 aliphatic heterocycles. The lowest BCUT2D eigenvalue weighted by molar-refractivity contribution is -0.188. The van der Waals surface area contributed by atoms with Crippen LogP contribution in [0.1, 0.15) is 22.8 Å². The maximum absolute atomic E-state index is 13.8. The number of nitrogens with one attached hydrogen (secondary N) is 2. The van der Waals surface area contributed by atoms with Crippen molar-refractivity contribution in [3.05, 3.63) is 46.7 Å². The van der Waals surface area contributed by atoms with Gasteiger partial charge in [0.25, 0.3) is 11.8 Å². The van der Waals surface area contributed by atoms with Crippen LogP contribution in [0.15, 0.2) is 35.5 Å².